The van der Waals surface area contributed by atoms with Crippen LogP contribution < -0.4 is 5.32 Å². The zero-order valence-corrected chi connectivity index (χ0v) is 10.5. The molecule has 1 aliphatic rings. The largest absolute Gasteiger partial charge is 0.508 e. The number of benzene rings is 1. The number of aliphatic hydroxyl groups is 1. The summed E-state index contributed by atoms with van der Waals surface area (Å²) in [6.45, 7) is 1.54. The van der Waals surface area contributed by atoms with Crippen molar-refractivity contribution in [2.24, 2.45) is 5.41 Å². The normalized spacial score (nSPS) is 18.1. The predicted octanol–water partition coefficient (Wildman–Crippen LogP) is 1.74. The van der Waals surface area contributed by atoms with Crippen LogP contribution in [0.15, 0.2) is 18.2 Å². The van der Waals surface area contributed by atoms with Crippen LogP contribution in [0, 0.1) is 5.41 Å². The van der Waals surface area contributed by atoms with Crippen molar-refractivity contribution in [1.29, 1.82) is 0 Å². The second kappa shape index (κ2) is 5.59. The SMILES string of the molecule is OCC1(CNCc2ccc(O)cc2O)CCCC1. The van der Waals surface area contributed by atoms with Crippen LogP contribution in [0.4, 0.5) is 0 Å². The molecular weight excluding hydrogens is 230 g/mol. The predicted molar refractivity (Wildman–Crippen MR) is 69.5 cm³/mol. The van der Waals surface area contributed by atoms with E-state index in [4.69, 9.17) is 0 Å². The highest BCUT2D eigenvalue weighted by Gasteiger charge is 2.32. The van der Waals surface area contributed by atoms with Crippen molar-refractivity contribution >= 4 is 0 Å². The van der Waals surface area contributed by atoms with Crippen molar-refractivity contribution in [3.8, 4) is 11.5 Å². The second-order valence-electron chi connectivity index (χ2n) is 5.28. The lowest BCUT2D eigenvalue weighted by Crippen LogP contribution is -2.34. The van der Waals surface area contributed by atoms with Gasteiger partial charge in [0.05, 0.1) is 0 Å². The Bertz CT molecular complexity index is 400. The summed E-state index contributed by atoms with van der Waals surface area (Å²) in [7, 11) is 0. The molecule has 0 saturated heterocycles. The van der Waals surface area contributed by atoms with Crippen LogP contribution in [-0.4, -0.2) is 28.5 Å². The van der Waals surface area contributed by atoms with Crippen molar-refractivity contribution < 1.29 is 15.3 Å². The summed E-state index contributed by atoms with van der Waals surface area (Å²) in [6.07, 6.45) is 4.51. The lowest BCUT2D eigenvalue weighted by atomic mass is 9.87. The van der Waals surface area contributed by atoms with Crippen molar-refractivity contribution in [3.05, 3.63) is 23.8 Å². The monoisotopic (exact) mass is 251 g/mol. The Balaban J connectivity index is 1.88. The first kappa shape index (κ1) is 13.2. The highest BCUT2D eigenvalue weighted by Crippen LogP contribution is 2.37. The average molecular weight is 251 g/mol. The molecule has 0 atom stereocenters. The minimum absolute atomic E-state index is 0.0204. The molecule has 2 rings (SSSR count). The highest BCUT2D eigenvalue weighted by molar-refractivity contribution is 5.38. The van der Waals surface area contributed by atoms with Gasteiger partial charge in [-0.15, -0.1) is 0 Å². The van der Waals surface area contributed by atoms with Crippen molar-refractivity contribution in [3.63, 3.8) is 0 Å². The molecule has 1 aliphatic carbocycles. The van der Waals surface area contributed by atoms with E-state index in [2.05, 4.69) is 5.32 Å². The quantitative estimate of drug-likeness (QED) is 0.643. The molecule has 0 unspecified atom stereocenters. The van der Waals surface area contributed by atoms with E-state index in [-0.39, 0.29) is 23.5 Å². The molecule has 4 nitrogen and oxygen atoms in total. The fourth-order valence-corrected chi connectivity index (χ4v) is 2.68. The van der Waals surface area contributed by atoms with E-state index in [1.165, 1.54) is 18.9 Å². The number of phenols is 2. The Morgan fingerprint density at radius 3 is 2.50 bits per heavy atom. The number of hydrogen-bond donors (Lipinski definition) is 4. The molecule has 0 aromatic heterocycles. The maximum atomic E-state index is 9.66. The van der Waals surface area contributed by atoms with Gasteiger partial charge in [0.25, 0.3) is 0 Å². The fourth-order valence-electron chi connectivity index (χ4n) is 2.68. The molecule has 0 aliphatic heterocycles. The van der Waals surface area contributed by atoms with Gasteiger partial charge in [-0.05, 0) is 18.9 Å². The molecule has 1 fully saturated rings. The second-order valence-corrected chi connectivity index (χ2v) is 5.28. The first-order chi connectivity index (χ1) is 8.65. The van der Waals surface area contributed by atoms with Gasteiger partial charge in [0.2, 0.25) is 0 Å². The Morgan fingerprint density at radius 1 is 1.17 bits per heavy atom. The lowest BCUT2D eigenvalue weighted by molar-refractivity contribution is 0.128. The summed E-state index contributed by atoms with van der Waals surface area (Å²) in [5, 5.41) is 31.6. The van der Waals surface area contributed by atoms with Crippen LogP contribution in [-0.2, 0) is 6.54 Å². The van der Waals surface area contributed by atoms with Crippen LogP contribution in [0.25, 0.3) is 0 Å². The Kier molecular flexibility index (Phi) is 4.09. The summed E-state index contributed by atoms with van der Waals surface area (Å²) in [5.74, 6) is 0.172. The lowest BCUT2D eigenvalue weighted by Gasteiger charge is -2.26. The van der Waals surface area contributed by atoms with Gasteiger partial charge < -0.3 is 20.6 Å². The topological polar surface area (TPSA) is 72.7 Å². The van der Waals surface area contributed by atoms with Crippen molar-refractivity contribution in [1.82, 2.24) is 5.32 Å². The molecule has 0 spiro atoms. The molecule has 18 heavy (non-hydrogen) atoms. The van der Waals surface area contributed by atoms with Crippen molar-refractivity contribution in [2.45, 2.75) is 32.2 Å². The summed E-state index contributed by atoms with van der Waals surface area (Å²) in [6, 6.07) is 4.61. The first-order valence-corrected chi connectivity index (χ1v) is 6.48. The zero-order valence-electron chi connectivity index (χ0n) is 10.5. The van der Waals surface area contributed by atoms with Gasteiger partial charge >= 0.3 is 0 Å². The molecule has 1 aromatic carbocycles. The number of nitrogens with one attached hydrogen (secondary N) is 1. The number of hydrogen-bond acceptors (Lipinski definition) is 4. The van der Waals surface area contributed by atoms with Crippen LogP contribution in [0.2, 0.25) is 0 Å². The average Bonchev–Trinajstić information content (AvgIpc) is 2.81. The van der Waals surface area contributed by atoms with E-state index >= 15 is 0 Å². The molecule has 0 heterocycles. The van der Waals surface area contributed by atoms with E-state index in [1.54, 1.807) is 12.1 Å². The molecule has 0 amide bonds. The minimum atomic E-state index is 0.0204. The summed E-state index contributed by atoms with van der Waals surface area (Å²) < 4.78 is 0. The van der Waals surface area contributed by atoms with Crippen molar-refractivity contribution in [2.75, 3.05) is 13.2 Å². The van der Waals surface area contributed by atoms with Gasteiger partial charge in [0, 0.05) is 36.7 Å². The van der Waals surface area contributed by atoms with Crippen LogP contribution in [0.5, 0.6) is 11.5 Å². The van der Waals surface area contributed by atoms with Gasteiger partial charge in [0.15, 0.2) is 0 Å². The Labute approximate surface area is 107 Å². The van der Waals surface area contributed by atoms with Crippen LogP contribution >= 0.6 is 0 Å². The molecule has 1 aromatic rings. The van der Waals surface area contributed by atoms with E-state index in [0.29, 0.717) is 6.54 Å². The standard InChI is InChI=1S/C14H21NO3/c16-10-14(5-1-2-6-14)9-15-8-11-3-4-12(17)7-13(11)18/h3-4,7,15-18H,1-2,5-6,8-10H2. The molecule has 0 bridgehead atoms. The Morgan fingerprint density at radius 2 is 1.89 bits per heavy atom. The Hall–Kier alpha value is -1.26. The molecule has 4 N–H and O–H groups in total. The summed E-state index contributed by atoms with van der Waals surface area (Å²) in [4.78, 5) is 0. The summed E-state index contributed by atoms with van der Waals surface area (Å²) in [5.41, 5.74) is 0.783. The molecule has 1 saturated carbocycles. The number of rotatable bonds is 5. The minimum Gasteiger partial charge on any atom is -0.508 e. The number of aliphatic hydroxyl groups excluding tert-OH is 1. The van der Waals surface area contributed by atoms with E-state index in [0.717, 1.165) is 24.9 Å². The van der Waals surface area contributed by atoms with Gasteiger partial charge in [-0.1, -0.05) is 18.9 Å². The van der Waals surface area contributed by atoms with E-state index in [1.807, 2.05) is 0 Å². The molecule has 100 valence electrons. The maximum absolute atomic E-state index is 9.66. The van der Waals surface area contributed by atoms with Crippen LogP contribution in [0.1, 0.15) is 31.2 Å². The van der Waals surface area contributed by atoms with E-state index < -0.39 is 0 Å². The third-order valence-corrected chi connectivity index (χ3v) is 3.88. The maximum Gasteiger partial charge on any atom is 0.123 e. The highest BCUT2D eigenvalue weighted by atomic mass is 16.3. The van der Waals surface area contributed by atoms with Gasteiger partial charge in [-0.25, -0.2) is 0 Å². The van der Waals surface area contributed by atoms with Gasteiger partial charge in [-0.3, -0.25) is 0 Å². The zero-order chi connectivity index (χ0) is 13.0. The van der Waals surface area contributed by atoms with Gasteiger partial charge in [0.1, 0.15) is 11.5 Å². The van der Waals surface area contributed by atoms with E-state index in [9.17, 15) is 15.3 Å². The fraction of sp³-hybridized carbons (Fsp3) is 0.571. The molecule has 4 heteroatoms. The van der Waals surface area contributed by atoms with Crippen LogP contribution in [0.3, 0.4) is 0 Å². The number of aromatic hydroxyl groups is 2. The van der Waals surface area contributed by atoms with Gasteiger partial charge in [-0.2, -0.15) is 0 Å². The molecular formula is C14H21NO3. The summed E-state index contributed by atoms with van der Waals surface area (Å²) >= 11 is 0. The third-order valence-electron chi connectivity index (χ3n) is 3.88. The first-order valence-electron chi connectivity index (χ1n) is 6.48. The molecule has 0 radical (unpaired) electrons. The third kappa shape index (κ3) is 2.94. The number of phenolic OH excluding ortho intramolecular Hbond substituents is 2. The smallest absolute Gasteiger partial charge is 0.123 e.